The van der Waals surface area contributed by atoms with Crippen LogP contribution in [0.25, 0.3) is 0 Å². The van der Waals surface area contributed by atoms with Crippen molar-refractivity contribution >= 4 is 12.0 Å². The molecule has 2 aliphatic rings. The van der Waals surface area contributed by atoms with Crippen molar-refractivity contribution in [1.29, 1.82) is 0 Å². The molecule has 120 valence electrons. The van der Waals surface area contributed by atoms with Crippen molar-refractivity contribution in [3.05, 3.63) is 0 Å². The van der Waals surface area contributed by atoms with Crippen molar-refractivity contribution in [1.82, 2.24) is 15.1 Å². The second kappa shape index (κ2) is 6.62. The highest BCUT2D eigenvalue weighted by atomic mass is 16.5. The molecule has 0 aromatic heterocycles. The number of likely N-dealkylation sites (tertiary alicyclic amines) is 1. The number of amides is 2. The molecule has 0 saturated carbocycles. The van der Waals surface area contributed by atoms with Crippen LogP contribution >= 0.6 is 0 Å². The summed E-state index contributed by atoms with van der Waals surface area (Å²) in [5.41, 5.74) is 0.0905. The van der Waals surface area contributed by atoms with E-state index in [2.05, 4.69) is 24.2 Å². The number of nitrogens with one attached hydrogen (secondary N) is 1. The highest BCUT2D eigenvalue weighted by Crippen LogP contribution is 2.29. The SMILES string of the molecule is CN1CCC(C)(CNC(=O)N2CCOCC2C(=O)O)CC1. The second-order valence-corrected chi connectivity index (χ2v) is 6.39. The molecule has 0 aromatic rings. The molecule has 0 bridgehead atoms. The molecule has 2 fully saturated rings. The summed E-state index contributed by atoms with van der Waals surface area (Å²) in [6.45, 7) is 5.59. The van der Waals surface area contributed by atoms with E-state index >= 15 is 0 Å². The van der Waals surface area contributed by atoms with Crippen molar-refractivity contribution in [3.63, 3.8) is 0 Å². The number of carboxylic acids is 1. The van der Waals surface area contributed by atoms with Gasteiger partial charge in [0, 0.05) is 13.1 Å². The number of piperidine rings is 1. The van der Waals surface area contributed by atoms with Crippen LogP contribution in [0, 0.1) is 5.41 Å². The lowest BCUT2D eigenvalue weighted by atomic mass is 9.80. The van der Waals surface area contributed by atoms with Gasteiger partial charge in [-0.1, -0.05) is 6.92 Å². The number of rotatable bonds is 3. The Morgan fingerprint density at radius 1 is 1.33 bits per heavy atom. The van der Waals surface area contributed by atoms with Crippen LogP contribution in [-0.2, 0) is 9.53 Å². The zero-order chi connectivity index (χ0) is 15.5. The van der Waals surface area contributed by atoms with Gasteiger partial charge in [0.05, 0.1) is 13.2 Å². The third kappa shape index (κ3) is 4.07. The molecule has 21 heavy (non-hydrogen) atoms. The van der Waals surface area contributed by atoms with Gasteiger partial charge in [-0.3, -0.25) is 0 Å². The second-order valence-electron chi connectivity index (χ2n) is 6.39. The maximum Gasteiger partial charge on any atom is 0.328 e. The average Bonchev–Trinajstić information content (AvgIpc) is 2.48. The minimum absolute atomic E-state index is 0.0603. The van der Waals surface area contributed by atoms with E-state index in [0.717, 1.165) is 25.9 Å². The molecule has 0 radical (unpaired) electrons. The van der Waals surface area contributed by atoms with Gasteiger partial charge in [-0.25, -0.2) is 9.59 Å². The van der Waals surface area contributed by atoms with E-state index in [1.807, 2.05) is 0 Å². The minimum Gasteiger partial charge on any atom is -0.480 e. The fraction of sp³-hybridized carbons (Fsp3) is 0.857. The molecule has 2 N–H and O–H groups in total. The van der Waals surface area contributed by atoms with E-state index in [9.17, 15) is 9.59 Å². The van der Waals surface area contributed by atoms with E-state index in [-0.39, 0.29) is 18.1 Å². The van der Waals surface area contributed by atoms with Gasteiger partial charge in [-0.2, -0.15) is 0 Å². The van der Waals surface area contributed by atoms with Crippen molar-refractivity contribution in [3.8, 4) is 0 Å². The predicted octanol–water partition coefficient (Wildman–Crippen LogP) is 0.213. The highest BCUT2D eigenvalue weighted by molar-refractivity contribution is 5.83. The molecule has 2 aliphatic heterocycles. The molecule has 1 unspecified atom stereocenters. The monoisotopic (exact) mass is 299 g/mol. The van der Waals surface area contributed by atoms with Crippen molar-refractivity contribution in [2.45, 2.75) is 25.8 Å². The van der Waals surface area contributed by atoms with Crippen LogP contribution in [0.2, 0.25) is 0 Å². The molecule has 2 amide bonds. The third-order valence-corrected chi connectivity index (χ3v) is 4.53. The number of urea groups is 1. The number of aliphatic carboxylic acids is 1. The molecular formula is C14H25N3O4. The van der Waals surface area contributed by atoms with E-state index in [0.29, 0.717) is 19.7 Å². The standard InChI is InChI=1S/C14H25N3O4/c1-14(3-5-16(2)6-4-14)10-15-13(20)17-7-8-21-9-11(17)12(18)19/h11H,3-10H2,1-2H3,(H,15,20)(H,18,19). The van der Waals surface area contributed by atoms with E-state index in [4.69, 9.17) is 9.84 Å². The number of morpholine rings is 1. The van der Waals surface area contributed by atoms with Gasteiger partial charge in [0.25, 0.3) is 0 Å². The lowest BCUT2D eigenvalue weighted by Gasteiger charge is -2.39. The molecule has 0 aromatic carbocycles. The van der Waals surface area contributed by atoms with Crippen LogP contribution < -0.4 is 5.32 Å². The fourth-order valence-corrected chi connectivity index (χ4v) is 2.78. The topological polar surface area (TPSA) is 82.1 Å². The average molecular weight is 299 g/mol. The Morgan fingerprint density at radius 3 is 2.62 bits per heavy atom. The summed E-state index contributed by atoms with van der Waals surface area (Å²) in [5.74, 6) is -1.02. The van der Waals surface area contributed by atoms with E-state index in [1.165, 1.54) is 4.90 Å². The first-order valence-corrected chi connectivity index (χ1v) is 7.45. The lowest BCUT2D eigenvalue weighted by molar-refractivity contribution is -0.147. The molecular weight excluding hydrogens is 274 g/mol. The molecule has 0 spiro atoms. The normalized spacial score (nSPS) is 26.4. The van der Waals surface area contributed by atoms with Crippen molar-refractivity contribution < 1.29 is 19.4 Å². The molecule has 1 atom stereocenters. The van der Waals surface area contributed by atoms with Gasteiger partial charge in [-0.05, 0) is 38.4 Å². The van der Waals surface area contributed by atoms with E-state index < -0.39 is 12.0 Å². The Kier molecular flexibility index (Phi) is 5.05. The van der Waals surface area contributed by atoms with Crippen LogP contribution in [0.5, 0.6) is 0 Å². The van der Waals surface area contributed by atoms with Crippen LogP contribution in [-0.4, -0.2) is 79.4 Å². The number of carboxylic acid groups (broad SMARTS) is 1. The number of nitrogens with zero attached hydrogens (tertiary/aromatic N) is 2. The molecule has 2 saturated heterocycles. The van der Waals surface area contributed by atoms with Crippen LogP contribution in [0.15, 0.2) is 0 Å². The van der Waals surface area contributed by atoms with Crippen molar-refractivity contribution in [2.24, 2.45) is 5.41 Å². The molecule has 0 aliphatic carbocycles. The molecule has 7 nitrogen and oxygen atoms in total. The van der Waals surface area contributed by atoms with Crippen LogP contribution in [0.4, 0.5) is 4.79 Å². The molecule has 2 heterocycles. The maximum absolute atomic E-state index is 12.2. The van der Waals surface area contributed by atoms with Crippen LogP contribution in [0.3, 0.4) is 0 Å². The first kappa shape index (κ1) is 16.0. The quantitative estimate of drug-likeness (QED) is 0.779. The summed E-state index contributed by atoms with van der Waals surface area (Å²) in [6, 6.07) is -1.19. The van der Waals surface area contributed by atoms with Gasteiger partial charge in [0.15, 0.2) is 6.04 Å². The van der Waals surface area contributed by atoms with Gasteiger partial charge >= 0.3 is 12.0 Å². The number of ether oxygens (including phenoxy) is 1. The van der Waals surface area contributed by atoms with Crippen LogP contribution in [0.1, 0.15) is 19.8 Å². The fourth-order valence-electron chi connectivity index (χ4n) is 2.78. The predicted molar refractivity (Wildman–Crippen MR) is 77.2 cm³/mol. The highest BCUT2D eigenvalue weighted by Gasteiger charge is 2.34. The third-order valence-electron chi connectivity index (χ3n) is 4.53. The van der Waals surface area contributed by atoms with Gasteiger partial charge in [0.1, 0.15) is 0 Å². The first-order valence-electron chi connectivity index (χ1n) is 7.45. The number of hydrogen-bond acceptors (Lipinski definition) is 4. The van der Waals surface area contributed by atoms with Crippen molar-refractivity contribution in [2.75, 3.05) is 46.4 Å². The zero-order valence-electron chi connectivity index (χ0n) is 12.8. The van der Waals surface area contributed by atoms with Gasteiger partial charge < -0.3 is 25.0 Å². The Bertz CT molecular complexity index is 394. The van der Waals surface area contributed by atoms with E-state index in [1.54, 1.807) is 0 Å². The maximum atomic E-state index is 12.2. The molecule has 2 rings (SSSR count). The minimum atomic E-state index is -1.02. The summed E-state index contributed by atoms with van der Waals surface area (Å²) in [7, 11) is 2.10. The lowest BCUT2D eigenvalue weighted by Crippen LogP contribution is -2.57. The Hall–Kier alpha value is -1.34. The zero-order valence-corrected chi connectivity index (χ0v) is 12.8. The number of carbonyl (C=O) groups is 2. The largest absolute Gasteiger partial charge is 0.480 e. The Balaban J connectivity index is 1.87. The summed E-state index contributed by atoms with van der Waals surface area (Å²) < 4.78 is 5.14. The number of hydrogen-bond donors (Lipinski definition) is 2. The summed E-state index contributed by atoms with van der Waals surface area (Å²) in [6.07, 6.45) is 2.07. The number of carbonyl (C=O) groups excluding carboxylic acids is 1. The summed E-state index contributed by atoms with van der Waals surface area (Å²) >= 11 is 0. The Labute approximate surface area is 125 Å². The first-order chi connectivity index (χ1) is 9.91. The summed E-state index contributed by atoms with van der Waals surface area (Å²) in [4.78, 5) is 27.1. The van der Waals surface area contributed by atoms with Gasteiger partial charge in [0.2, 0.25) is 0 Å². The Morgan fingerprint density at radius 2 is 2.00 bits per heavy atom. The molecule has 7 heteroatoms. The summed E-state index contributed by atoms with van der Waals surface area (Å²) in [5, 5.41) is 12.1. The van der Waals surface area contributed by atoms with Gasteiger partial charge in [-0.15, -0.1) is 0 Å². The smallest absolute Gasteiger partial charge is 0.328 e.